The predicted octanol–water partition coefficient (Wildman–Crippen LogP) is 3.24. The van der Waals surface area contributed by atoms with Gasteiger partial charge in [-0.15, -0.1) is 5.10 Å². The Hall–Kier alpha value is -2.44. The van der Waals surface area contributed by atoms with Crippen molar-refractivity contribution >= 4 is 29.1 Å². The highest BCUT2D eigenvalue weighted by atomic mass is 35.5. The highest BCUT2D eigenvalue weighted by Crippen LogP contribution is 2.23. The number of amides is 1. The van der Waals surface area contributed by atoms with Crippen LogP contribution in [0.15, 0.2) is 48.8 Å². The molecule has 6 nitrogen and oxygen atoms in total. The molecule has 3 aromatic rings. The maximum Gasteiger partial charge on any atom is 0.256 e. The van der Waals surface area contributed by atoms with Crippen molar-refractivity contribution in [3.8, 4) is 5.69 Å². The van der Waals surface area contributed by atoms with Gasteiger partial charge < -0.3 is 4.90 Å². The van der Waals surface area contributed by atoms with Gasteiger partial charge in [-0.25, -0.2) is 0 Å². The number of para-hydroxylation sites is 1. The van der Waals surface area contributed by atoms with Crippen LogP contribution in [0, 0.1) is 0 Å². The number of nitrogens with zero attached hydrogens (tertiary/aromatic N) is 5. The van der Waals surface area contributed by atoms with Crippen molar-refractivity contribution in [2.75, 3.05) is 7.05 Å². The van der Waals surface area contributed by atoms with E-state index in [9.17, 15) is 4.79 Å². The number of tetrazole rings is 1. The molecule has 0 radical (unpaired) electrons. The monoisotopic (exact) mass is 361 g/mol. The summed E-state index contributed by atoms with van der Waals surface area (Å²) in [6.07, 6.45) is 1.45. The Balaban J connectivity index is 1.85. The van der Waals surface area contributed by atoms with Gasteiger partial charge in [0.2, 0.25) is 0 Å². The molecule has 0 aliphatic rings. The second-order valence-corrected chi connectivity index (χ2v) is 6.00. The number of aromatic nitrogens is 4. The summed E-state index contributed by atoms with van der Waals surface area (Å²) < 4.78 is 1.46. The van der Waals surface area contributed by atoms with E-state index in [0.29, 0.717) is 27.8 Å². The lowest BCUT2D eigenvalue weighted by atomic mass is 10.1. The Morgan fingerprint density at radius 3 is 2.67 bits per heavy atom. The molecule has 1 aromatic heterocycles. The zero-order chi connectivity index (χ0) is 17.1. The number of hydrogen-bond acceptors (Lipinski definition) is 4. The van der Waals surface area contributed by atoms with Crippen LogP contribution in [0.4, 0.5) is 0 Å². The fourth-order valence-corrected chi connectivity index (χ4v) is 2.64. The van der Waals surface area contributed by atoms with Crippen molar-refractivity contribution in [3.63, 3.8) is 0 Å². The summed E-state index contributed by atoms with van der Waals surface area (Å²) in [6.45, 7) is 0.402. The predicted molar refractivity (Wildman–Crippen MR) is 91.4 cm³/mol. The van der Waals surface area contributed by atoms with Crippen molar-refractivity contribution in [2.24, 2.45) is 0 Å². The van der Waals surface area contributed by atoms with E-state index in [4.69, 9.17) is 23.2 Å². The van der Waals surface area contributed by atoms with Gasteiger partial charge in [0.1, 0.15) is 6.33 Å². The van der Waals surface area contributed by atoms with E-state index < -0.39 is 0 Å². The molecule has 0 unspecified atom stereocenters. The summed E-state index contributed by atoms with van der Waals surface area (Å²) in [5, 5.41) is 12.0. The van der Waals surface area contributed by atoms with Gasteiger partial charge in [0, 0.05) is 13.6 Å². The van der Waals surface area contributed by atoms with Crippen molar-refractivity contribution in [1.29, 1.82) is 0 Å². The van der Waals surface area contributed by atoms with Gasteiger partial charge in [-0.3, -0.25) is 4.79 Å². The Morgan fingerprint density at radius 2 is 1.96 bits per heavy atom. The molecule has 122 valence electrons. The molecule has 0 saturated carbocycles. The van der Waals surface area contributed by atoms with Gasteiger partial charge in [-0.1, -0.05) is 41.4 Å². The van der Waals surface area contributed by atoms with Crippen LogP contribution in [0.1, 0.15) is 15.9 Å². The zero-order valence-corrected chi connectivity index (χ0v) is 14.2. The third-order valence-corrected chi connectivity index (χ3v) is 4.22. The van der Waals surface area contributed by atoms with Crippen LogP contribution in [0.25, 0.3) is 5.69 Å². The SMILES string of the molecule is CN(Cc1ccc(Cl)c(Cl)c1)C(=O)c1ccccc1-n1cnnn1. The first-order chi connectivity index (χ1) is 11.6. The Labute approximate surface area is 148 Å². The molecule has 0 aliphatic heterocycles. The molecule has 3 rings (SSSR count). The van der Waals surface area contributed by atoms with Crippen LogP contribution in [0.3, 0.4) is 0 Å². The molecule has 1 heterocycles. The number of hydrogen-bond donors (Lipinski definition) is 0. The van der Waals surface area contributed by atoms with E-state index in [2.05, 4.69) is 15.5 Å². The van der Waals surface area contributed by atoms with Gasteiger partial charge in [0.05, 0.1) is 21.3 Å². The maximum absolute atomic E-state index is 12.8. The average molecular weight is 362 g/mol. The number of rotatable bonds is 4. The molecule has 0 N–H and O–H groups in total. The summed E-state index contributed by atoms with van der Waals surface area (Å²) in [7, 11) is 1.72. The third-order valence-electron chi connectivity index (χ3n) is 3.48. The quantitative estimate of drug-likeness (QED) is 0.715. The van der Waals surface area contributed by atoms with Gasteiger partial charge >= 0.3 is 0 Å². The molecule has 0 bridgehead atoms. The number of carbonyl (C=O) groups excluding carboxylic acids is 1. The van der Waals surface area contributed by atoms with E-state index in [-0.39, 0.29) is 5.91 Å². The van der Waals surface area contributed by atoms with Gasteiger partial charge in [0.25, 0.3) is 5.91 Å². The lowest BCUT2D eigenvalue weighted by molar-refractivity contribution is 0.0785. The molecule has 8 heteroatoms. The van der Waals surface area contributed by atoms with Crippen LogP contribution in [0.2, 0.25) is 10.0 Å². The van der Waals surface area contributed by atoms with Crippen molar-refractivity contribution < 1.29 is 4.79 Å². The van der Waals surface area contributed by atoms with Gasteiger partial charge in [0.15, 0.2) is 0 Å². The molecule has 0 spiro atoms. The molecule has 0 aliphatic carbocycles. The van der Waals surface area contributed by atoms with Crippen LogP contribution in [0.5, 0.6) is 0 Å². The smallest absolute Gasteiger partial charge is 0.256 e. The largest absolute Gasteiger partial charge is 0.337 e. The zero-order valence-electron chi connectivity index (χ0n) is 12.7. The summed E-state index contributed by atoms with van der Waals surface area (Å²) >= 11 is 11.9. The number of halogens is 2. The Morgan fingerprint density at radius 1 is 1.17 bits per heavy atom. The Kier molecular flexibility index (Phi) is 4.78. The molecule has 24 heavy (non-hydrogen) atoms. The van der Waals surface area contributed by atoms with E-state index in [1.807, 2.05) is 12.1 Å². The van der Waals surface area contributed by atoms with E-state index in [1.165, 1.54) is 11.0 Å². The summed E-state index contributed by atoms with van der Waals surface area (Å²) in [4.78, 5) is 14.4. The summed E-state index contributed by atoms with van der Waals surface area (Å²) in [5.74, 6) is -0.146. The van der Waals surface area contributed by atoms with E-state index in [0.717, 1.165) is 5.56 Å². The first-order valence-electron chi connectivity index (χ1n) is 7.08. The molecular weight excluding hydrogens is 349 g/mol. The van der Waals surface area contributed by atoms with Crippen molar-refractivity contribution in [2.45, 2.75) is 6.54 Å². The summed E-state index contributed by atoms with van der Waals surface area (Å²) in [5.41, 5.74) is 2.01. The average Bonchev–Trinajstić information content (AvgIpc) is 3.12. The Bertz CT molecular complexity index is 867. The minimum Gasteiger partial charge on any atom is -0.337 e. The molecular formula is C16H13Cl2N5O. The molecule has 0 atom stereocenters. The van der Waals surface area contributed by atoms with Crippen LogP contribution in [-0.4, -0.2) is 38.1 Å². The van der Waals surface area contributed by atoms with Crippen molar-refractivity contribution in [1.82, 2.24) is 25.1 Å². The highest BCUT2D eigenvalue weighted by Gasteiger charge is 2.17. The number of benzene rings is 2. The minimum atomic E-state index is -0.146. The number of carbonyl (C=O) groups is 1. The first-order valence-corrected chi connectivity index (χ1v) is 7.83. The third kappa shape index (κ3) is 3.39. The topological polar surface area (TPSA) is 63.9 Å². The molecule has 0 fully saturated rings. The molecule has 1 amide bonds. The molecule has 0 saturated heterocycles. The first kappa shape index (κ1) is 16.4. The lowest BCUT2D eigenvalue weighted by Gasteiger charge is -2.19. The van der Waals surface area contributed by atoms with E-state index >= 15 is 0 Å². The summed E-state index contributed by atoms with van der Waals surface area (Å²) in [6, 6.07) is 12.5. The van der Waals surface area contributed by atoms with Crippen LogP contribution < -0.4 is 0 Å². The fourth-order valence-electron chi connectivity index (χ4n) is 2.32. The second-order valence-electron chi connectivity index (χ2n) is 5.18. The fraction of sp³-hybridized carbons (Fsp3) is 0.125. The second kappa shape index (κ2) is 6.98. The van der Waals surface area contributed by atoms with Gasteiger partial charge in [-0.05, 0) is 40.3 Å². The minimum absolute atomic E-state index is 0.146. The van der Waals surface area contributed by atoms with E-state index in [1.54, 1.807) is 42.3 Å². The lowest BCUT2D eigenvalue weighted by Crippen LogP contribution is -2.27. The van der Waals surface area contributed by atoms with Crippen molar-refractivity contribution in [3.05, 3.63) is 70.0 Å². The highest BCUT2D eigenvalue weighted by molar-refractivity contribution is 6.42. The van der Waals surface area contributed by atoms with Crippen LogP contribution in [-0.2, 0) is 6.54 Å². The van der Waals surface area contributed by atoms with Gasteiger partial charge in [-0.2, -0.15) is 4.68 Å². The standard InChI is InChI=1S/C16H13Cl2N5O/c1-22(9-11-6-7-13(17)14(18)8-11)16(24)12-4-2-3-5-15(12)23-10-19-20-21-23/h2-8,10H,9H2,1H3. The molecule has 2 aromatic carbocycles. The normalized spacial score (nSPS) is 10.6. The maximum atomic E-state index is 12.8. The van der Waals surface area contributed by atoms with Crippen LogP contribution >= 0.6 is 23.2 Å².